The van der Waals surface area contributed by atoms with E-state index in [0.717, 1.165) is 6.07 Å². The first-order valence-electron chi connectivity index (χ1n) is 10.4. The van der Waals surface area contributed by atoms with Crippen LogP contribution in [0.3, 0.4) is 0 Å². The van der Waals surface area contributed by atoms with Crippen LogP contribution in [0.25, 0.3) is 22.3 Å². The second-order valence-electron chi connectivity index (χ2n) is 7.85. The molecule has 4 rings (SSSR count). The van der Waals surface area contributed by atoms with Gasteiger partial charge < -0.3 is 54.0 Å². The largest absolute Gasteiger partial charge is 0.507 e. The van der Waals surface area contributed by atoms with Crippen LogP contribution >= 0.6 is 0 Å². The van der Waals surface area contributed by atoms with E-state index in [2.05, 4.69) is 0 Å². The molecule has 1 fully saturated rings. The van der Waals surface area contributed by atoms with Crippen LogP contribution in [0.15, 0.2) is 39.5 Å². The number of hydrogen-bond acceptors (Lipinski definition) is 12. The Hall–Kier alpha value is -4.04. The zero-order chi connectivity index (χ0) is 26.3. The van der Waals surface area contributed by atoms with Gasteiger partial charge in [-0.25, -0.2) is 4.79 Å². The number of aliphatic hydroxyl groups excluding tert-OH is 3. The van der Waals surface area contributed by atoms with Crippen LogP contribution in [-0.2, 0) is 9.53 Å². The molecule has 1 aliphatic rings. The second-order valence-corrected chi connectivity index (χ2v) is 7.85. The van der Waals surface area contributed by atoms with E-state index in [9.17, 15) is 40.2 Å². The van der Waals surface area contributed by atoms with Crippen molar-refractivity contribution in [2.45, 2.75) is 30.7 Å². The van der Waals surface area contributed by atoms with Gasteiger partial charge in [-0.05, 0) is 18.2 Å². The van der Waals surface area contributed by atoms with Gasteiger partial charge in [-0.15, -0.1) is 0 Å². The SMILES string of the molecule is COc1cc(-c2oc3cc(O[C@H]4O[C@@H](C(=O)O)[C@@H](O)[C@@H](O)[C@H]4O)cc(O)c3c(=O)c2OC)ccc1O. The number of aromatic hydroxyl groups is 2. The van der Waals surface area contributed by atoms with E-state index in [-0.39, 0.29) is 39.7 Å². The molecule has 1 saturated heterocycles. The molecular weight excluding hydrogens is 484 g/mol. The maximum atomic E-state index is 13.1. The summed E-state index contributed by atoms with van der Waals surface area (Å²) in [4.78, 5) is 24.4. The minimum absolute atomic E-state index is 0.0664. The van der Waals surface area contributed by atoms with Crippen LogP contribution < -0.4 is 19.6 Å². The van der Waals surface area contributed by atoms with E-state index in [0.29, 0.717) is 5.56 Å². The standard InChI is InChI=1S/C23H22O13/c1-32-12-5-8(3-4-10(12)24)19-20(33-2)15(26)14-11(25)6-9(7-13(14)35-19)34-23-18(29)16(27)17(28)21(36-23)22(30)31/h3-7,16-18,21,23-25,27-29H,1-2H3,(H,30,31)/t16-,17+,18-,21-,23+/m1/s1. The normalized spacial score (nSPS) is 23.9. The van der Waals surface area contributed by atoms with Crippen LogP contribution in [0.1, 0.15) is 0 Å². The molecule has 192 valence electrons. The number of ether oxygens (including phenoxy) is 4. The number of benzene rings is 2. The molecule has 5 atom stereocenters. The minimum Gasteiger partial charge on any atom is -0.507 e. The lowest BCUT2D eigenvalue weighted by Gasteiger charge is -2.38. The Labute approximate surface area is 201 Å². The van der Waals surface area contributed by atoms with Crippen LogP contribution in [0.4, 0.5) is 0 Å². The fourth-order valence-electron chi connectivity index (χ4n) is 3.80. The Morgan fingerprint density at radius 1 is 0.944 bits per heavy atom. The third kappa shape index (κ3) is 4.24. The van der Waals surface area contributed by atoms with Gasteiger partial charge in [-0.2, -0.15) is 0 Å². The van der Waals surface area contributed by atoms with Crippen LogP contribution in [-0.4, -0.2) is 81.5 Å². The maximum absolute atomic E-state index is 13.1. The molecule has 6 N–H and O–H groups in total. The van der Waals surface area contributed by atoms with Crippen molar-refractivity contribution < 1.29 is 58.8 Å². The monoisotopic (exact) mass is 506 g/mol. The molecule has 0 amide bonds. The molecule has 1 aliphatic heterocycles. The Morgan fingerprint density at radius 3 is 2.31 bits per heavy atom. The number of phenols is 2. The lowest BCUT2D eigenvalue weighted by atomic mass is 9.99. The van der Waals surface area contributed by atoms with E-state index in [1.807, 2.05) is 0 Å². The first-order chi connectivity index (χ1) is 17.1. The summed E-state index contributed by atoms with van der Waals surface area (Å²) in [5.74, 6) is -2.79. The zero-order valence-electron chi connectivity index (χ0n) is 18.8. The highest BCUT2D eigenvalue weighted by Gasteiger charge is 2.48. The Morgan fingerprint density at radius 2 is 1.67 bits per heavy atom. The van der Waals surface area contributed by atoms with Gasteiger partial charge in [0, 0.05) is 17.7 Å². The van der Waals surface area contributed by atoms with Crippen LogP contribution in [0, 0.1) is 0 Å². The molecule has 0 aliphatic carbocycles. The molecule has 0 spiro atoms. The van der Waals surface area contributed by atoms with Gasteiger partial charge in [0.1, 0.15) is 40.8 Å². The number of methoxy groups -OCH3 is 2. The van der Waals surface area contributed by atoms with Gasteiger partial charge in [0.15, 0.2) is 23.4 Å². The summed E-state index contributed by atoms with van der Waals surface area (Å²) in [5.41, 5.74) is -0.624. The van der Waals surface area contributed by atoms with Crippen molar-refractivity contribution in [2.24, 2.45) is 0 Å². The number of hydrogen-bond donors (Lipinski definition) is 6. The predicted molar refractivity (Wildman–Crippen MR) is 119 cm³/mol. The quantitative estimate of drug-likeness (QED) is 0.264. The topological polar surface area (TPSA) is 206 Å². The zero-order valence-corrected chi connectivity index (χ0v) is 18.8. The van der Waals surface area contributed by atoms with E-state index < -0.39 is 47.9 Å². The average Bonchev–Trinajstić information content (AvgIpc) is 2.84. The van der Waals surface area contributed by atoms with Crippen molar-refractivity contribution in [1.29, 1.82) is 0 Å². The summed E-state index contributed by atoms with van der Waals surface area (Å²) >= 11 is 0. The van der Waals surface area contributed by atoms with E-state index in [1.54, 1.807) is 0 Å². The summed E-state index contributed by atoms with van der Waals surface area (Å²) in [5, 5.41) is 59.3. The number of aliphatic hydroxyl groups is 3. The summed E-state index contributed by atoms with van der Waals surface area (Å²) in [7, 11) is 2.56. The van der Waals surface area contributed by atoms with Gasteiger partial charge in [0.25, 0.3) is 0 Å². The fourth-order valence-corrected chi connectivity index (χ4v) is 3.80. The van der Waals surface area contributed by atoms with Crippen LogP contribution in [0.2, 0.25) is 0 Å². The number of rotatable bonds is 6. The van der Waals surface area contributed by atoms with Gasteiger partial charge in [-0.1, -0.05) is 0 Å². The van der Waals surface area contributed by atoms with Crippen molar-refractivity contribution in [3.63, 3.8) is 0 Å². The molecule has 13 nitrogen and oxygen atoms in total. The number of carboxylic acids is 1. The second kappa shape index (κ2) is 9.54. The lowest BCUT2D eigenvalue weighted by Crippen LogP contribution is -2.61. The smallest absolute Gasteiger partial charge is 0.335 e. The van der Waals surface area contributed by atoms with Gasteiger partial charge in [-0.3, -0.25) is 4.79 Å². The molecule has 0 unspecified atom stereocenters. The molecule has 0 saturated carbocycles. The summed E-state index contributed by atoms with van der Waals surface area (Å²) in [6.07, 6.45) is -9.33. The molecule has 2 aromatic carbocycles. The Balaban J connectivity index is 1.80. The van der Waals surface area contributed by atoms with Crippen molar-refractivity contribution in [2.75, 3.05) is 14.2 Å². The predicted octanol–water partition coefficient (Wildman–Crippen LogP) is 0.159. The molecule has 0 radical (unpaired) electrons. The molecule has 13 heteroatoms. The highest BCUT2D eigenvalue weighted by Crippen LogP contribution is 2.39. The van der Waals surface area contributed by atoms with Crippen molar-refractivity contribution >= 4 is 16.9 Å². The van der Waals surface area contributed by atoms with Crippen molar-refractivity contribution in [3.8, 4) is 40.1 Å². The highest BCUT2D eigenvalue weighted by molar-refractivity contribution is 5.88. The minimum atomic E-state index is -1.92. The van der Waals surface area contributed by atoms with Crippen LogP contribution in [0.5, 0.6) is 28.7 Å². The number of carbonyl (C=O) groups is 1. The molecular formula is C23H22O13. The third-order valence-corrected chi connectivity index (χ3v) is 5.62. The number of phenolic OH excluding ortho intramolecular Hbond substituents is 2. The van der Waals surface area contributed by atoms with Gasteiger partial charge in [0.2, 0.25) is 17.5 Å². The van der Waals surface area contributed by atoms with E-state index in [4.69, 9.17) is 23.4 Å². The molecule has 1 aromatic heterocycles. The molecule has 3 aromatic rings. The van der Waals surface area contributed by atoms with Crippen molar-refractivity contribution in [3.05, 3.63) is 40.6 Å². The number of aliphatic carboxylic acids is 1. The number of carboxylic acid groups (broad SMARTS) is 1. The van der Waals surface area contributed by atoms with Gasteiger partial charge in [0.05, 0.1) is 14.2 Å². The first kappa shape index (κ1) is 25.1. The third-order valence-electron chi connectivity index (χ3n) is 5.62. The van der Waals surface area contributed by atoms with E-state index in [1.165, 1.54) is 38.5 Å². The van der Waals surface area contributed by atoms with E-state index >= 15 is 0 Å². The Kier molecular flexibility index (Phi) is 6.65. The molecule has 2 heterocycles. The summed E-state index contributed by atoms with van der Waals surface area (Å²) < 4.78 is 26.6. The number of fused-ring (bicyclic) bond motifs is 1. The lowest BCUT2D eigenvalue weighted by molar-refractivity contribution is -0.271. The first-order valence-corrected chi connectivity index (χ1v) is 10.4. The Bertz CT molecular complexity index is 1360. The summed E-state index contributed by atoms with van der Waals surface area (Å²) in [6, 6.07) is 6.31. The maximum Gasteiger partial charge on any atom is 0.335 e. The average molecular weight is 506 g/mol. The highest BCUT2D eigenvalue weighted by atomic mass is 16.7. The van der Waals surface area contributed by atoms with Gasteiger partial charge >= 0.3 is 5.97 Å². The molecule has 36 heavy (non-hydrogen) atoms. The summed E-state index contributed by atoms with van der Waals surface area (Å²) in [6.45, 7) is 0. The fraction of sp³-hybridized carbons (Fsp3) is 0.304. The molecule has 0 bridgehead atoms. The van der Waals surface area contributed by atoms with Crippen molar-refractivity contribution in [1.82, 2.24) is 0 Å².